The summed E-state index contributed by atoms with van der Waals surface area (Å²) < 4.78 is 31.0. The summed E-state index contributed by atoms with van der Waals surface area (Å²) in [5.41, 5.74) is 1.16. The Morgan fingerprint density at radius 1 is 1.44 bits per heavy atom. The molecule has 25 heavy (non-hydrogen) atoms. The predicted molar refractivity (Wildman–Crippen MR) is 94.1 cm³/mol. The van der Waals surface area contributed by atoms with Gasteiger partial charge < -0.3 is 10.1 Å². The molecule has 132 valence electrons. The van der Waals surface area contributed by atoms with Crippen LogP contribution in [0.4, 0.5) is 5.69 Å². The summed E-state index contributed by atoms with van der Waals surface area (Å²) in [6, 6.07) is 8.23. The van der Waals surface area contributed by atoms with Crippen LogP contribution in [0.5, 0.6) is 5.75 Å². The number of pyridine rings is 1. The van der Waals surface area contributed by atoms with E-state index in [2.05, 4.69) is 10.3 Å². The average Bonchev–Trinajstić information content (AvgIpc) is 2.58. The molecule has 1 aromatic heterocycles. The molecule has 0 radical (unpaired) electrons. The Labute approximate surface area is 150 Å². The van der Waals surface area contributed by atoms with Crippen LogP contribution in [0, 0.1) is 0 Å². The molecule has 1 amide bonds. The summed E-state index contributed by atoms with van der Waals surface area (Å²) in [5, 5.41) is 3.12. The monoisotopic (exact) mass is 381 g/mol. The first kappa shape index (κ1) is 17.5. The van der Waals surface area contributed by atoms with Crippen molar-refractivity contribution in [3.8, 4) is 5.75 Å². The van der Waals surface area contributed by atoms with Crippen molar-refractivity contribution in [1.29, 1.82) is 0 Å². The van der Waals surface area contributed by atoms with E-state index in [9.17, 15) is 13.2 Å². The molecule has 0 saturated carbocycles. The molecule has 1 aliphatic heterocycles. The molecule has 3 rings (SSSR count). The standard InChI is InChI=1S/C16H16ClN3O4S/c1-25(22,23)20-10-15(24-14-5-4-12(17)7-13(14)20)16(21)19-9-11-3-2-6-18-8-11/h2-8,15H,9-10H2,1H3,(H,19,21)/t15-/m1/s1. The number of carbonyl (C=O) groups is 1. The highest BCUT2D eigenvalue weighted by Gasteiger charge is 2.35. The molecule has 9 heteroatoms. The fourth-order valence-electron chi connectivity index (χ4n) is 2.48. The van der Waals surface area contributed by atoms with Crippen LogP contribution < -0.4 is 14.4 Å². The number of halogens is 1. The molecule has 0 aliphatic carbocycles. The number of rotatable bonds is 4. The van der Waals surface area contributed by atoms with Gasteiger partial charge in [-0.2, -0.15) is 0 Å². The summed E-state index contributed by atoms with van der Waals surface area (Å²) >= 11 is 5.95. The Morgan fingerprint density at radius 2 is 2.24 bits per heavy atom. The van der Waals surface area contributed by atoms with Crippen molar-refractivity contribution in [2.75, 3.05) is 17.1 Å². The summed E-state index contributed by atoms with van der Waals surface area (Å²) in [5.74, 6) is -0.110. The lowest BCUT2D eigenvalue weighted by Gasteiger charge is -2.34. The number of carbonyl (C=O) groups excluding carboxylic acids is 1. The summed E-state index contributed by atoms with van der Waals surface area (Å²) in [6.07, 6.45) is 3.40. The molecule has 1 atom stereocenters. The first-order valence-corrected chi connectivity index (χ1v) is 9.68. The van der Waals surface area contributed by atoms with Crippen molar-refractivity contribution in [3.05, 3.63) is 53.3 Å². The van der Waals surface area contributed by atoms with E-state index in [1.54, 1.807) is 30.6 Å². The molecule has 0 saturated heterocycles. The van der Waals surface area contributed by atoms with Gasteiger partial charge in [-0.15, -0.1) is 0 Å². The van der Waals surface area contributed by atoms with E-state index in [-0.39, 0.29) is 13.1 Å². The van der Waals surface area contributed by atoms with Gasteiger partial charge >= 0.3 is 0 Å². The molecule has 1 N–H and O–H groups in total. The number of hydrogen-bond donors (Lipinski definition) is 1. The zero-order chi connectivity index (χ0) is 18.0. The van der Waals surface area contributed by atoms with E-state index >= 15 is 0 Å². The second-order valence-corrected chi connectivity index (χ2v) is 7.93. The normalized spacial score (nSPS) is 16.7. The highest BCUT2D eigenvalue weighted by molar-refractivity contribution is 7.92. The van der Waals surface area contributed by atoms with E-state index in [4.69, 9.17) is 16.3 Å². The SMILES string of the molecule is CS(=O)(=O)N1C[C@H](C(=O)NCc2cccnc2)Oc2ccc(Cl)cc21. The van der Waals surface area contributed by atoms with Gasteiger partial charge in [0.25, 0.3) is 5.91 Å². The predicted octanol–water partition coefficient (Wildman–Crippen LogP) is 1.58. The Kier molecular flexibility index (Phi) is 4.82. The second-order valence-electron chi connectivity index (χ2n) is 5.59. The van der Waals surface area contributed by atoms with Gasteiger partial charge in [-0.25, -0.2) is 8.42 Å². The summed E-state index contributed by atoms with van der Waals surface area (Å²) in [4.78, 5) is 16.4. The zero-order valence-electron chi connectivity index (χ0n) is 13.3. The maximum absolute atomic E-state index is 12.4. The zero-order valence-corrected chi connectivity index (χ0v) is 14.9. The number of nitrogens with one attached hydrogen (secondary N) is 1. The molecule has 1 aliphatic rings. The number of anilines is 1. The Balaban J connectivity index is 1.79. The quantitative estimate of drug-likeness (QED) is 0.868. The minimum atomic E-state index is -3.58. The van der Waals surface area contributed by atoms with Crippen molar-refractivity contribution in [1.82, 2.24) is 10.3 Å². The number of sulfonamides is 1. The van der Waals surface area contributed by atoms with Gasteiger partial charge in [-0.1, -0.05) is 17.7 Å². The molecular formula is C16H16ClN3O4S. The topological polar surface area (TPSA) is 88.6 Å². The van der Waals surface area contributed by atoms with E-state index in [0.29, 0.717) is 16.5 Å². The van der Waals surface area contributed by atoms with Gasteiger partial charge in [-0.3, -0.25) is 14.1 Å². The van der Waals surface area contributed by atoms with E-state index in [0.717, 1.165) is 16.1 Å². The Morgan fingerprint density at radius 3 is 2.92 bits per heavy atom. The summed E-state index contributed by atoms with van der Waals surface area (Å²) in [6.45, 7) is 0.157. The first-order valence-electron chi connectivity index (χ1n) is 7.45. The minimum Gasteiger partial charge on any atom is -0.476 e. The van der Waals surface area contributed by atoms with Gasteiger partial charge in [0.05, 0.1) is 18.5 Å². The van der Waals surface area contributed by atoms with Crippen LogP contribution in [0.15, 0.2) is 42.7 Å². The molecule has 1 aromatic carbocycles. The third kappa shape index (κ3) is 4.02. The smallest absolute Gasteiger partial charge is 0.263 e. The number of benzene rings is 1. The Bertz CT molecular complexity index is 890. The molecule has 7 nitrogen and oxygen atoms in total. The number of ether oxygens (including phenoxy) is 1. The number of fused-ring (bicyclic) bond motifs is 1. The minimum absolute atomic E-state index is 0.120. The summed E-state index contributed by atoms with van der Waals surface area (Å²) in [7, 11) is -3.58. The van der Waals surface area contributed by atoms with Crippen LogP contribution in [0.3, 0.4) is 0 Å². The third-order valence-electron chi connectivity index (χ3n) is 3.67. The fourth-order valence-corrected chi connectivity index (χ4v) is 3.55. The lowest BCUT2D eigenvalue weighted by atomic mass is 10.2. The lowest BCUT2D eigenvalue weighted by molar-refractivity contribution is -0.127. The molecule has 0 unspecified atom stereocenters. The van der Waals surface area contributed by atoms with Crippen molar-refractivity contribution in [3.63, 3.8) is 0 Å². The highest BCUT2D eigenvalue weighted by atomic mass is 35.5. The molecular weight excluding hydrogens is 366 g/mol. The van der Waals surface area contributed by atoms with Gasteiger partial charge in [0.15, 0.2) is 6.10 Å². The number of nitrogens with zero attached hydrogens (tertiary/aromatic N) is 2. The number of aromatic nitrogens is 1. The number of hydrogen-bond acceptors (Lipinski definition) is 5. The maximum Gasteiger partial charge on any atom is 0.263 e. The van der Waals surface area contributed by atoms with Gasteiger partial charge in [0.1, 0.15) is 5.75 Å². The van der Waals surface area contributed by atoms with Gasteiger partial charge in [-0.05, 0) is 29.8 Å². The fraction of sp³-hybridized carbons (Fsp3) is 0.250. The van der Waals surface area contributed by atoms with E-state index < -0.39 is 22.0 Å². The maximum atomic E-state index is 12.4. The van der Waals surface area contributed by atoms with Gasteiger partial charge in [0, 0.05) is 24.0 Å². The Hall–Kier alpha value is -2.32. The molecule has 2 aromatic rings. The van der Waals surface area contributed by atoms with E-state index in [1.807, 2.05) is 6.07 Å². The third-order valence-corrected chi connectivity index (χ3v) is 5.05. The lowest BCUT2D eigenvalue weighted by Crippen LogP contribution is -2.50. The van der Waals surface area contributed by atoms with E-state index in [1.165, 1.54) is 6.07 Å². The first-order chi connectivity index (χ1) is 11.8. The molecule has 0 fully saturated rings. The van der Waals surface area contributed by atoms with Crippen molar-refractivity contribution in [2.45, 2.75) is 12.6 Å². The van der Waals surface area contributed by atoms with Crippen molar-refractivity contribution >= 4 is 33.2 Å². The second kappa shape index (κ2) is 6.89. The van der Waals surface area contributed by atoms with Crippen molar-refractivity contribution < 1.29 is 17.9 Å². The molecule has 0 spiro atoms. The van der Waals surface area contributed by atoms with Crippen LogP contribution in [0.2, 0.25) is 5.02 Å². The van der Waals surface area contributed by atoms with Crippen LogP contribution in [0.25, 0.3) is 0 Å². The molecule has 2 heterocycles. The largest absolute Gasteiger partial charge is 0.476 e. The van der Waals surface area contributed by atoms with Crippen molar-refractivity contribution in [2.24, 2.45) is 0 Å². The van der Waals surface area contributed by atoms with Crippen LogP contribution in [0.1, 0.15) is 5.56 Å². The highest BCUT2D eigenvalue weighted by Crippen LogP contribution is 2.37. The van der Waals surface area contributed by atoms with Crippen LogP contribution in [-0.2, 0) is 21.4 Å². The molecule has 0 bridgehead atoms. The van der Waals surface area contributed by atoms with Crippen LogP contribution >= 0.6 is 11.6 Å². The number of amides is 1. The van der Waals surface area contributed by atoms with Gasteiger partial charge in [0.2, 0.25) is 10.0 Å². The van der Waals surface area contributed by atoms with Crippen LogP contribution in [-0.4, -0.2) is 38.2 Å². The average molecular weight is 382 g/mol.